The van der Waals surface area contributed by atoms with Gasteiger partial charge in [-0.3, -0.25) is 4.79 Å². The van der Waals surface area contributed by atoms with Crippen molar-refractivity contribution in [1.29, 1.82) is 0 Å². The predicted octanol–water partition coefficient (Wildman–Crippen LogP) is 4.31. The second-order valence-electron chi connectivity index (χ2n) is 11.3. The number of rotatable bonds is 8. The summed E-state index contributed by atoms with van der Waals surface area (Å²) in [7, 11) is -5.97. The molecule has 0 aromatic heterocycles. The molecule has 1 heterocycles. The van der Waals surface area contributed by atoms with Crippen molar-refractivity contribution in [1.82, 2.24) is 5.32 Å². The maximum Gasteiger partial charge on any atom is 0.337 e. The number of esters is 1. The molecular weight excluding hydrogens is 618 g/mol. The number of carbonyl (C=O) groups is 2. The number of sulfone groups is 2. The molecule has 2 N–H and O–H groups in total. The molecule has 0 fully saturated rings. The lowest BCUT2D eigenvalue weighted by molar-refractivity contribution is -0.140. The van der Waals surface area contributed by atoms with E-state index >= 15 is 0 Å². The number of Topliss-reactive ketones (excluding diaryl/α,β-unsaturated/α-hetero) is 1. The average molecular weight is 652 g/mol. The van der Waals surface area contributed by atoms with Crippen LogP contribution in [-0.2, 0) is 40.6 Å². The minimum absolute atomic E-state index is 0.0420. The van der Waals surface area contributed by atoms with Gasteiger partial charge in [0.15, 0.2) is 25.5 Å². The molecule has 5 rings (SSSR count). The van der Waals surface area contributed by atoms with Crippen LogP contribution >= 0.6 is 0 Å². The fourth-order valence-corrected chi connectivity index (χ4v) is 7.43. The van der Waals surface area contributed by atoms with Crippen molar-refractivity contribution in [3.63, 3.8) is 0 Å². The van der Waals surface area contributed by atoms with Gasteiger partial charge >= 0.3 is 5.97 Å². The molecule has 1 aliphatic heterocycles. The molecule has 2 unspecified atom stereocenters. The fourth-order valence-electron chi connectivity index (χ4n) is 5.94. The van der Waals surface area contributed by atoms with Crippen LogP contribution in [-0.4, -0.2) is 53.3 Å². The maximum atomic E-state index is 13.9. The molecule has 2 atom stereocenters. The Bertz CT molecular complexity index is 1940. The Kier molecular flexibility index (Phi) is 8.65. The first-order chi connectivity index (χ1) is 21.2. The number of hydrogen-bond donors (Lipinski definition) is 2. The van der Waals surface area contributed by atoms with Gasteiger partial charge in [-0.25, -0.2) is 21.6 Å². The van der Waals surface area contributed by atoms with E-state index in [2.05, 4.69) is 5.32 Å². The number of ether oxygens (including phenoxy) is 2. The summed E-state index contributed by atoms with van der Waals surface area (Å²) in [4.78, 5) is 27.3. The Morgan fingerprint density at radius 2 is 1.60 bits per heavy atom. The van der Waals surface area contributed by atoms with E-state index in [0.717, 1.165) is 24.1 Å². The Labute approximate surface area is 262 Å². The molecule has 1 aliphatic carbocycles. The second-order valence-corrected chi connectivity index (χ2v) is 15.3. The number of dihydropyridines is 1. The second kappa shape index (κ2) is 12.2. The van der Waals surface area contributed by atoms with Gasteiger partial charge in [0.1, 0.15) is 18.1 Å². The quantitative estimate of drug-likeness (QED) is 0.337. The summed E-state index contributed by atoms with van der Waals surface area (Å²) in [6.07, 6.45) is 2.56. The SMILES string of the molecule is COc1ccccc1C1CC(=O)C2=C(C1)NC(C)=C(C(=O)OCc1cc(S(C)(=O)=O)cc(S(C)(=O)=O)c1)C2c1cccc(O)c1. The third kappa shape index (κ3) is 6.66. The lowest BCUT2D eigenvalue weighted by Gasteiger charge is -2.37. The number of aromatic hydroxyl groups is 1. The van der Waals surface area contributed by atoms with Crippen LogP contribution in [0.25, 0.3) is 0 Å². The lowest BCUT2D eigenvalue weighted by Crippen LogP contribution is -2.36. The van der Waals surface area contributed by atoms with Gasteiger partial charge in [-0.05, 0) is 66.4 Å². The summed E-state index contributed by atoms with van der Waals surface area (Å²) >= 11 is 0. The molecule has 0 saturated heterocycles. The Morgan fingerprint density at radius 3 is 2.22 bits per heavy atom. The van der Waals surface area contributed by atoms with E-state index in [1.54, 1.807) is 26.2 Å². The molecule has 2 aliphatic rings. The van der Waals surface area contributed by atoms with Gasteiger partial charge < -0.3 is 19.9 Å². The first-order valence-corrected chi connectivity index (χ1v) is 17.8. The molecule has 10 nitrogen and oxygen atoms in total. The van der Waals surface area contributed by atoms with E-state index in [1.807, 2.05) is 24.3 Å². The van der Waals surface area contributed by atoms with Crippen LogP contribution < -0.4 is 10.1 Å². The number of carbonyl (C=O) groups excluding carboxylic acids is 2. The molecule has 3 aromatic rings. The van der Waals surface area contributed by atoms with Gasteiger partial charge in [0.05, 0.1) is 22.5 Å². The van der Waals surface area contributed by atoms with Gasteiger partial charge in [0, 0.05) is 47.7 Å². The molecular formula is C33H33NO9S2. The number of para-hydroxylation sites is 1. The summed E-state index contributed by atoms with van der Waals surface area (Å²) in [5, 5.41) is 13.6. The van der Waals surface area contributed by atoms with Gasteiger partial charge in [0.25, 0.3) is 0 Å². The highest BCUT2D eigenvalue weighted by molar-refractivity contribution is 7.91. The van der Waals surface area contributed by atoms with Crippen LogP contribution in [0.2, 0.25) is 0 Å². The van der Waals surface area contributed by atoms with Crippen LogP contribution in [0.1, 0.15) is 48.3 Å². The summed E-state index contributed by atoms with van der Waals surface area (Å²) in [5.41, 5.74) is 3.21. The lowest BCUT2D eigenvalue weighted by atomic mass is 9.71. The van der Waals surface area contributed by atoms with E-state index in [0.29, 0.717) is 34.7 Å². The average Bonchev–Trinajstić information content (AvgIpc) is 2.98. The van der Waals surface area contributed by atoms with E-state index in [-0.39, 0.29) is 44.8 Å². The number of benzene rings is 3. The van der Waals surface area contributed by atoms with Crippen LogP contribution in [0.3, 0.4) is 0 Å². The molecule has 0 radical (unpaired) electrons. The smallest absolute Gasteiger partial charge is 0.337 e. The van der Waals surface area contributed by atoms with Crippen LogP contribution in [0.5, 0.6) is 11.5 Å². The van der Waals surface area contributed by atoms with Crippen molar-refractivity contribution in [3.8, 4) is 11.5 Å². The first-order valence-electron chi connectivity index (χ1n) is 14.0. The van der Waals surface area contributed by atoms with Crippen LogP contribution in [0, 0.1) is 0 Å². The van der Waals surface area contributed by atoms with Crippen molar-refractivity contribution in [2.45, 2.75) is 48.0 Å². The highest BCUT2D eigenvalue weighted by atomic mass is 32.2. The number of ketones is 1. The Hall–Kier alpha value is -4.42. The molecule has 12 heteroatoms. The Morgan fingerprint density at radius 1 is 0.933 bits per heavy atom. The van der Waals surface area contributed by atoms with Crippen molar-refractivity contribution in [2.75, 3.05) is 19.6 Å². The summed E-state index contributed by atoms with van der Waals surface area (Å²) in [6, 6.07) is 17.4. The highest BCUT2D eigenvalue weighted by Gasteiger charge is 2.42. The normalized spacial score (nSPS) is 18.7. The fraction of sp³-hybridized carbons (Fsp3) is 0.273. The van der Waals surface area contributed by atoms with Gasteiger partial charge in [0.2, 0.25) is 0 Å². The van der Waals surface area contributed by atoms with Gasteiger partial charge in [-0.15, -0.1) is 0 Å². The highest BCUT2D eigenvalue weighted by Crippen LogP contribution is 2.47. The monoisotopic (exact) mass is 651 g/mol. The standard InChI is InChI=1S/C33H33NO9S2/c1-19-30(33(37)43-18-20-12-24(44(3,38)39)17-25(13-20)45(4,40)41)31(21-8-7-9-23(35)14-21)32-27(34-19)15-22(16-28(32)36)26-10-5-6-11-29(26)42-2/h5-14,17,22,31,34-35H,15-16,18H2,1-4H3. The number of nitrogens with one attached hydrogen (secondary N) is 1. The van der Waals surface area contributed by atoms with Crippen molar-refractivity contribution < 1.29 is 41.0 Å². The number of allylic oxidation sites excluding steroid dienone is 3. The summed E-state index contributed by atoms with van der Waals surface area (Å²) < 4.78 is 60.2. The third-order valence-electron chi connectivity index (χ3n) is 8.00. The van der Waals surface area contributed by atoms with Crippen molar-refractivity contribution >= 4 is 31.4 Å². The number of methoxy groups -OCH3 is 1. The van der Waals surface area contributed by atoms with Crippen molar-refractivity contribution in [3.05, 3.63) is 106 Å². The van der Waals surface area contributed by atoms with Gasteiger partial charge in [-0.2, -0.15) is 0 Å². The van der Waals surface area contributed by atoms with E-state index in [9.17, 15) is 31.5 Å². The zero-order valence-corrected chi connectivity index (χ0v) is 26.8. The van der Waals surface area contributed by atoms with Gasteiger partial charge in [-0.1, -0.05) is 30.3 Å². The van der Waals surface area contributed by atoms with E-state index < -0.39 is 38.2 Å². The summed E-state index contributed by atoms with van der Waals surface area (Å²) in [5.74, 6) is -1.36. The summed E-state index contributed by atoms with van der Waals surface area (Å²) in [6.45, 7) is 1.27. The number of hydrogen-bond acceptors (Lipinski definition) is 10. The first kappa shape index (κ1) is 32.0. The van der Waals surface area contributed by atoms with Crippen LogP contribution in [0.15, 0.2) is 99.1 Å². The largest absolute Gasteiger partial charge is 0.508 e. The minimum Gasteiger partial charge on any atom is -0.508 e. The maximum absolute atomic E-state index is 13.9. The molecule has 0 spiro atoms. The zero-order valence-electron chi connectivity index (χ0n) is 25.2. The molecule has 0 amide bonds. The topological polar surface area (TPSA) is 153 Å². The van der Waals surface area contributed by atoms with E-state index in [1.165, 1.54) is 24.3 Å². The number of phenols is 1. The van der Waals surface area contributed by atoms with Crippen molar-refractivity contribution in [2.24, 2.45) is 0 Å². The number of phenolic OH excluding ortho intramolecular Hbond substituents is 1. The predicted molar refractivity (Wildman–Crippen MR) is 166 cm³/mol. The van der Waals surface area contributed by atoms with E-state index in [4.69, 9.17) is 9.47 Å². The minimum atomic E-state index is -3.77. The molecule has 0 saturated carbocycles. The molecule has 0 bridgehead atoms. The molecule has 45 heavy (non-hydrogen) atoms. The van der Waals surface area contributed by atoms with Crippen LogP contribution in [0.4, 0.5) is 0 Å². The Balaban J connectivity index is 1.52. The molecule has 236 valence electrons. The zero-order chi connectivity index (χ0) is 32.7. The molecule has 3 aromatic carbocycles. The third-order valence-corrected chi connectivity index (χ3v) is 10.2.